The van der Waals surface area contributed by atoms with Crippen molar-refractivity contribution < 1.29 is 13.2 Å². The van der Waals surface area contributed by atoms with Crippen molar-refractivity contribution in [2.45, 2.75) is 64.2 Å². The molecule has 146 valence electrons. The van der Waals surface area contributed by atoms with Gasteiger partial charge in [0.1, 0.15) is 0 Å². The molecule has 0 spiro atoms. The normalized spacial score (nSPS) is 12.0. The van der Waals surface area contributed by atoms with E-state index in [1.54, 1.807) is 24.3 Å². The first-order chi connectivity index (χ1) is 12.6. The first-order valence-corrected chi connectivity index (χ1v) is 10.8. The number of hydrogen-bond acceptors (Lipinski definition) is 3. The molecule has 0 aliphatic heterocycles. The lowest BCUT2D eigenvalue weighted by Crippen LogP contribution is -2.20. The maximum atomic E-state index is 13.4. The molecule has 2 aromatic carbocycles. The Morgan fingerprint density at radius 2 is 1.37 bits per heavy atom. The molecule has 0 radical (unpaired) electrons. The molecule has 0 atom stereocenters. The third-order valence-electron chi connectivity index (χ3n) is 4.68. The van der Waals surface area contributed by atoms with Gasteiger partial charge in [-0.15, -0.1) is 0 Å². The monoisotopic (exact) mass is 387 g/mol. The number of para-hydroxylation sites is 1. The number of nitrogens with one attached hydrogen (secondary N) is 1. The third-order valence-corrected chi connectivity index (χ3v) is 6.18. The van der Waals surface area contributed by atoms with E-state index in [1.165, 1.54) is 0 Å². The Kier molecular flexibility index (Phi) is 6.47. The fourth-order valence-corrected chi connectivity index (χ4v) is 4.88. The molecule has 0 aliphatic rings. The summed E-state index contributed by atoms with van der Waals surface area (Å²) in [6.07, 6.45) is 0.659. The summed E-state index contributed by atoms with van der Waals surface area (Å²) in [5, 5.41) is 0. The molecule has 5 heteroatoms. The summed E-state index contributed by atoms with van der Waals surface area (Å²) in [6, 6.07) is 10.6. The highest BCUT2D eigenvalue weighted by Crippen LogP contribution is 2.36. The van der Waals surface area contributed by atoms with Crippen LogP contribution in [0.2, 0.25) is 0 Å². The molecule has 0 bridgehead atoms. The molecule has 2 rings (SSSR count). The van der Waals surface area contributed by atoms with Crippen molar-refractivity contribution >= 4 is 22.0 Å². The number of benzene rings is 2. The fraction of sp³-hybridized carbons (Fsp3) is 0.409. The van der Waals surface area contributed by atoms with Gasteiger partial charge in [-0.25, -0.2) is 8.42 Å². The summed E-state index contributed by atoms with van der Waals surface area (Å²) in [5.74, 6) is 0.406. The number of carbonyl (C=O) groups excluding carboxylic acids is 1. The summed E-state index contributed by atoms with van der Waals surface area (Å²) < 4.78 is 29.4. The van der Waals surface area contributed by atoms with Crippen LogP contribution >= 0.6 is 0 Å². The van der Waals surface area contributed by atoms with Gasteiger partial charge in [0.05, 0.1) is 10.6 Å². The average molecular weight is 388 g/mol. The first-order valence-electron chi connectivity index (χ1n) is 9.33. The van der Waals surface area contributed by atoms with Gasteiger partial charge in [0.25, 0.3) is 10.0 Å². The summed E-state index contributed by atoms with van der Waals surface area (Å²) >= 11 is 0. The van der Waals surface area contributed by atoms with Crippen LogP contribution in [0.15, 0.2) is 41.3 Å². The summed E-state index contributed by atoms with van der Waals surface area (Å²) in [4.78, 5) is 11.6. The summed E-state index contributed by atoms with van der Waals surface area (Å²) in [7, 11) is -3.85. The largest absolute Gasteiger partial charge is 0.298 e. The lowest BCUT2D eigenvalue weighted by Gasteiger charge is -2.23. The second-order valence-corrected chi connectivity index (χ2v) is 9.42. The zero-order valence-corrected chi connectivity index (χ0v) is 17.7. The Labute approximate surface area is 163 Å². The summed E-state index contributed by atoms with van der Waals surface area (Å²) in [5.41, 5.74) is 3.36. The highest BCUT2D eigenvalue weighted by atomic mass is 32.2. The van der Waals surface area contributed by atoms with Gasteiger partial charge in [0.15, 0.2) is 6.29 Å². The molecule has 27 heavy (non-hydrogen) atoms. The number of aldehydes is 1. The van der Waals surface area contributed by atoms with Crippen molar-refractivity contribution in [1.29, 1.82) is 0 Å². The Hall–Kier alpha value is -2.14. The van der Waals surface area contributed by atoms with Crippen molar-refractivity contribution in [3.8, 4) is 0 Å². The zero-order valence-electron chi connectivity index (χ0n) is 16.9. The van der Waals surface area contributed by atoms with Crippen LogP contribution in [0.3, 0.4) is 0 Å². The van der Waals surface area contributed by atoms with Crippen LogP contribution in [0.25, 0.3) is 0 Å². The maximum absolute atomic E-state index is 13.4. The minimum Gasteiger partial charge on any atom is -0.298 e. The number of rotatable bonds is 7. The Morgan fingerprint density at radius 1 is 0.852 bits per heavy atom. The van der Waals surface area contributed by atoms with E-state index >= 15 is 0 Å². The SMILES string of the molecule is CC(C)c1cc(C(C)C)c(S(=O)(=O)Nc2ccccc2C=O)c(C(C)C)c1. The number of sulfonamides is 1. The Balaban J connectivity index is 2.72. The first kappa shape index (κ1) is 21.2. The lowest BCUT2D eigenvalue weighted by atomic mass is 9.89. The number of hydrogen-bond donors (Lipinski definition) is 1. The van der Waals surface area contributed by atoms with Crippen molar-refractivity contribution in [1.82, 2.24) is 0 Å². The van der Waals surface area contributed by atoms with E-state index < -0.39 is 10.0 Å². The number of anilines is 1. The minimum absolute atomic E-state index is 0.0501. The molecule has 0 heterocycles. The average Bonchev–Trinajstić information content (AvgIpc) is 2.60. The zero-order chi connectivity index (χ0) is 20.4. The molecule has 4 nitrogen and oxygen atoms in total. The van der Waals surface area contributed by atoms with Gasteiger partial charge >= 0.3 is 0 Å². The van der Waals surface area contributed by atoms with Gasteiger partial charge in [-0.05, 0) is 46.6 Å². The molecule has 0 saturated heterocycles. The quantitative estimate of drug-likeness (QED) is 0.623. The van der Waals surface area contributed by atoms with Gasteiger partial charge < -0.3 is 0 Å². The molecular weight excluding hydrogens is 358 g/mol. The second kappa shape index (κ2) is 8.26. The van der Waals surface area contributed by atoms with E-state index in [0.29, 0.717) is 28.4 Å². The van der Waals surface area contributed by atoms with Crippen molar-refractivity contribution in [2.75, 3.05) is 4.72 Å². The van der Waals surface area contributed by atoms with Gasteiger partial charge in [-0.2, -0.15) is 0 Å². The van der Waals surface area contributed by atoms with E-state index in [2.05, 4.69) is 18.6 Å². The third kappa shape index (κ3) is 4.59. The lowest BCUT2D eigenvalue weighted by molar-refractivity contribution is 0.112. The molecule has 0 saturated carbocycles. The smallest absolute Gasteiger partial charge is 0.262 e. The van der Waals surface area contributed by atoms with E-state index in [1.807, 2.05) is 39.8 Å². The molecule has 0 aromatic heterocycles. The molecule has 1 N–H and O–H groups in total. The number of carbonyl (C=O) groups is 1. The van der Waals surface area contributed by atoms with E-state index in [-0.39, 0.29) is 11.8 Å². The van der Waals surface area contributed by atoms with E-state index in [0.717, 1.165) is 16.7 Å². The van der Waals surface area contributed by atoms with Gasteiger partial charge in [0, 0.05) is 5.56 Å². The predicted molar refractivity (Wildman–Crippen MR) is 111 cm³/mol. The van der Waals surface area contributed by atoms with Crippen LogP contribution in [0, 0.1) is 0 Å². The predicted octanol–water partition coefficient (Wildman–Crippen LogP) is 5.67. The molecule has 0 aliphatic carbocycles. The molecule has 2 aromatic rings. The van der Waals surface area contributed by atoms with Crippen LogP contribution in [-0.4, -0.2) is 14.7 Å². The molecule has 0 unspecified atom stereocenters. The van der Waals surface area contributed by atoms with Crippen LogP contribution in [0.1, 0.15) is 86.3 Å². The van der Waals surface area contributed by atoms with Crippen LogP contribution in [-0.2, 0) is 10.0 Å². The highest BCUT2D eigenvalue weighted by molar-refractivity contribution is 7.92. The molecular formula is C22H29NO3S. The van der Waals surface area contributed by atoms with Crippen molar-refractivity contribution in [2.24, 2.45) is 0 Å². The second-order valence-electron chi connectivity index (χ2n) is 7.80. The maximum Gasteiger partial charge on any atom is 0.262 e. The van der Waals surface area contributed by atoms with Crippen LogP contribution < -0.4 is 4.72 Å². The highest BCUT2D eigenvalue weighted by Gasteiger charge is 2.27. The van der Waals surface area contributed by atoms with Gasteiger partial charge in [0.2, 0.25) is 0 Å². The minimum atomic E-state index is -3.85. The topological polar surface area (TPSA) is 63.2 Å². The van der Waals surface area contributed by atoms with Crippen molar-refractivity contribution in [3.05, 3.63) is 58.7 Å². The Morgan fingerprint density at radius 3 is 1.81 bits per heavy atom. The van der Waals surface area contributed by atoms with Crippen LogP contribution in [0.4, 0.5) is 5.69 Å². The molecule has 0 amide bonds. The van der Waals surface area contributed by atoms with E-state index in [4.69, 9.17) is 0 Å². The van der Waals surface area contributed by atoms with E-state index in [9.17, 15) is 13.2 Å². The standard InChI is InChI=1S/C22H29NO3S/c1-14(2)18-11-19(15(3)4)22(20(12-18)16(5)6)27(25,26)23-21-10-8-7-9-17(21)13-24/h7-16,23H,1-6H3. The van der Waals surface area contributed by atoms with Gasteiger partial charge in [-0.1, -0.05) is 65.8 Å². The van der Waals surface area contributed by atoms with Gasteiger partial charge in [-0.3, -0.25) is 9.52 Å². The van der Waals surface area contributed by atoms with Crippen molar-refractivity contribution in [3.63, 3.8) is 0 Å². The van der Waals surface area contributed by atoms with Crippen LogP contribution in [0.5, 0.6) is 0 Å². The summed E-state index contributed by atoms with van der Waals surface area (Å²) in [6.45, 7) is 12.2. The fourth-order valence-electron chi connectivity index (χ4n) is 3.09. The molecule has 0 fully saturated rings. The Bertz CT molecular complexity index is 899.